The molecule has 2 rings (SSSR count). The lowest BCUT2D eigenvalue weighted by molar-refractivity contribution is 0.687. The summed E-state index contributed by atoms with van der Waals surface area (Å²) in [6.45, 7) is 4.19. The van der Waals surface area contributed by atoms with Gasteiger partial charge in [0.05, 0.1) is 6.04 Å². The molecule has 0 saturated carbocycles. The molecule has 0 aliphatic heterocycles. The van der Waals surface area contributed by atoms with Crippen molar-refractivity contribution in [2.75, 3.05) is 7.05 Å². The molecule has 1 N–H and O–H groups in total. The zero-order chi connectivity index (χ0) is 14.9. The van der Waals surface area contributed by atoms with Gasteiger partial charge in [0, 0.05) is 14.5 Å². The number of hydrogen-bond acceptors (Lipinski definition) is 1. The molecule has 0 aliphatic carbocycles. The van der Waals surface area contributed by atoms with Crippen LogP contribution in [0.25, 0.3) is 0 Å². The van der Waals surface area contributed by atoms with E-state index in [4.69, 9.17) is 23.2 Å². The number of benzene rings is 2. The quantitative estimate of drug-likeness (QED) is 0.730. The first kappa shape index (κ1) is 15.8. The molecule has 2 aromatic rings. The Balaban J connectivity index is 2.55. The monoisotopic (exact) mass is 371 g/mol. The Hall–Kier alpha value is -0.540. The maximum Gasteiger partial charge on any atom is 0.0591 e. The first-order valence-electron chi connectivity index (χ1n) is 6.33. The Morgan fingerprint density at radius 2 is 1.70 bits per heavy atom. The van der Waals surface area contributed by atoms with Gasteiger partial charge in [0.15, 0.2) is 0 Å². The van der Waals surface area contributed by atoms with Crippen molar-refractivity contribution in [2.24, 2.45) is 0 Å². The van der Waals surface area contributed by atoms with Gasteiger partial charge in [-0.15, -0.1) is 0 Å². The molecule has 0 spiro atoms. The van der Waals surface area contributed by atoms with Gasteiger partial charge in [0.2, 0.25) is 0 Å². The second-order valence-electron chi connectivity index (χ2n) is 4.85. The molecule has 0 heterocycles. The molecule has 2 aromatic carbocycles. The molecule has 1 unspecified atom stereocenters. The molecule has 4 heteroatoms. The Bertz CT molecular complexity index is 641. The largest absolute Gasteiger partial charge is 0.309 e. The summed E-state index contributed by atoms with van der Waals surface area (Å²) in [4.78, 5) is 0. The molecular weight excluding hydrogens is 357 g/mol. The van der Waals surface area contributed by atoms with E-state index >= 15 is 0 Å². The number of halogens is 3. The van der Waals surface area contributed by atoms with Crippen LogP contribution in [0.3, 0.4) is 0 Å². The van der Waals surface area contributed by atoms with Crippen LogP contribution in [0.4, 0.5) is 0 Å². The summed E-state index contributed by atoms with van der Waals surface area (Å²) < 4.78 is 1.12. The van der Waals surface area contributed by atoms with E-state index in [0.29, 0.717) is 10.0 Å². The van der Waals surface area contributed by atoms with Gasteiger partial charge in [-0.25, -0.2) is 0 Å². The smallest absolute Gasteiger partial charge is 0.0591 e. The summed E-state index contributed by atoms with van der Waals surface area (Å²) in [6, 6.07) is 10.00. The molecule has 20 heavy (non-hydrogen) atoms. The lowest BCUT2D eigenvalue weighted by Crippen LogP contribution is -2.19. The molecule has 106 valence electrons. The van der Waals surface area contributed by atoms with Gasteiger partial charge < -0.3 is 5.32 Å². The summed E-state index contributed by atoms with van der Waals surface area (Å²) in [7, 11) is 1.94. The van der Waals surface area contributed by atoms with E-state index < -0.39 is 0 Å². The zero-order valence-corrected chi connectivity index (χ0v) is 14.7. The third kappa shape index (κ3) is 3.20. The Morgan fingerprint density at radius 3 is 2.30 bits per heavy atom. The number of nitrogens with one attached hydrogen (secondary N) is 1. The predicted octanol–water partition coefficient (Wildman–Crippen LogP) is 5.68. The molecule has 0 saturated heterocycles. The summed E-state index contributed by atoms with van der Waals surface area (Å²) in [5.74, 6) is 0. The lowest BCUT2D eigenvalue weighted by atomic mass is 9.93. The second kappa shape index (κ2) is 6.48. The molecule has 0 bridgehead atoms. The van der Waals surface area contributed by atoms with Crippen LogP contribution < -0.4 is 5.32 Å². The van der Waals surface area contributed by atoms with Crippen molar-refractivity contribution in [2.45, 2.75) is 19.9 Å². The molecular formula is C16H16BrCl2N. The van der Waals surface area contributed by atoms with E-state index in [2.05, 4.69) is 47.2 Å². The van der Waals surface area contributed by atoms with Gasteiger partial charge in [0.1, 0.15) is 0 Å². The summed E-state index contributed by atoms with van der Waals surface area (Å²) in [6.07, 6.45) is 0. The molecule has 0 aliphatic rings. The number of aryl methyl sites for hydroxylation is 2. The van der Waals surface area contributed by atoms with Crippen LogP contribution in [0.5, 0.6) is 0 Å². The minimum absolute atomic E-state index is 0.0477. The molecule has 0 fully saturated rings. The lowest BCUT2D eigenvalue weighted by Gasteiger charge is -2.22. The van der Waals surface area contributed by atoms with Crippen LogP contribution in [-0.4, -0.2) is 7.05 Å². The Labute approximate surface area is 138 Å². The van der Waals surface area contributed by atoms with E-state index in [-0.39, 0.29) is 6.04 Å². The fourth-order valence-electron chi connectivity index (χ4n) is 2.33. The first-order chi connectivity index (χ1) is 9.43. The van der Waals surface area contributed by atoms with E-state index in [1.807, 2.05) is 19.2 Å². The number of hydrogen-bond donors (Lipinski definition) is 1. The van der Waals surface area contributed by atoms with Gasteiger partial charge in [-0.05, 0) is 61.3 Å². The minimum atomic E-state index is 0.0477. The maximum absolute atomic E-state index is 6.34. The van der Waals surface area contributed by atoms with Gasteiger partial charge in [0.25, 0.3) is 0 Å². The van der Waals surface area contributed by atoms with Crippen molar-refractivity contribution in [3.63, 3.8) is 0 Å². The van der Waals surface area contributed by atoms with Gasteiger partial charge in [-0.2, -0.15) is 0 Å². The van der Waals surface area contributed by atoms with Crippen LogP contribution in [0.1, 0.15) is 28.3 Å². The average molecular weight is 373 g/mol. The normalized spacial score (nSPS) is 12.5. The van der Waals surface area contributed by atoms with Crippen LogP contribution in [0.15, 0.2) is 34.8 Å². The Morgan fingerprint density at radius 1 is 1.00 bits per heavy atom. The minimum Gasteiger partial charge on any atom is -0.309 e. The van der Waals surface area contributed by atoms with E-state index in [1.54, 1.807) is 6.07 Å². The third-order valence-electron chi connectivity index (χ3n) is 3.42. The highest BCUT2D eigenvalue weighted by atomic mass is 79.9. The molecule has 0 amide bonds. The SMILES string of the molecule is CNC(c1cc(C)c(Br)cc1C)c1ccc(Cl)cc1Cl. The van der Waals surface area contributed by atoms with Crippen LogP contribution >= 0.6 is 39.1 Å². The molecule has 1 nitrogen and oxygen atoms in total. The fourth-order valence-corrected chi connectivity index (χ4v) is 3.30. The third-order valence-corrected chi connectivity index (χ3v) is 4.84. The van der Waals surface area contributed by atoms with Gasteiger partial charge in [-0.3, -0.25) is 0 Å². The van der Waals surface area contributed by atoms with E-state index in [0.717, 1.165) is 10.0 Å². The molecule has 1 atom stereocenters. The van der Waals surface area contributed by atoms with E-state index in [1.165, 1.54) is 16.7 Å². The summed E-state index contributed by atoms with van der Waals surface area (Å²) in [5.41, 5.74) is 4.67. The van der Waals surface area contributed by atoms with Crippen molar-refractivity contribution in [1.29, 1.82) is 0 Å². The molecule has 0 aromatic heterocycles. The van der Waals surface area contributed by atoms with Crippen molar-refractivity contribution in [3.8, 4) is 0 Å². The first-order valence-corrected chi connectivity index (χ1v) is 7.87. The Kier molecular flexibility index (Phi) is 5.14. The molecule has 0 radical (unpaired) electrons. The van der Waals surface area contributed by atoms with E-state index in [9.17, 15) is 0 Å². The van der Waals surface area contributed by atoms with Gasteiger partial charge >= 0.3 is 0 Å². The van der Waals surface area contributed by atoms with Crippen molar-refractivity contribution < 1.29 is 0 Å². The highest BCUT2D eigenvalue weighted by Gasteiger charge is 2.18. The van der Waals surface area contributed by atoms with Gasteiger partial charge in [-0.1, -0.05) is 51.3 Å². The highest BCUT2D eigenvalue weighted by Crippen LogP contribution is 2.33. The summed E-state index contributed by atoms with van der Waals surface area (Å²) in [5, 5.41) is 4.67. The highest BCUT2D eigenvalue weighted by molar-refractivity contribution is 9.10. The van der Waals surface area contributed by atoms with Crippen LogP contribution in [-0.2, 0) is 0 Å². The topological polar surface area (TPSA) is 12.0 Å². The van der Waals surface area contributed by atoms with Crippen molar-refractivity contribution >= 4 is 39.1 Å². The predicted molar refractivity (Wildman–Crippen MR) is 91.0 cm³/mol. The summed E-state index contributed by atoms with van der Waals surface area (Å²) >= 11 is 15.9. The van der Waals surface area contributed by atoms with Crippen LogP contribution in [0, 0.1) is 13.8 Å². The number of rotatable bonds is 3. The maximum atomic E-state index is 6.34. The average Bonchev–Trinajstić information content (AvgIpc) is 2.38. The zero-order valence-electron chi connectivity index (χ0n) is 11.6. The second-order valence-corrected chi connectivity index (χ2v) is 6.54. The van der Waals surface area contributed by atoms with Crippen molar-refractivity contribution in [3.05, 3.63) is 67.1 Å². The van der Waals surface area contributed by atoms with Crippen molar-refractivity contribution in [1.82, 2.24) is 5.32 Å². The standard InChI is InChI=1S/C16H16BrCl2N/c1-9-7-14(17)10(2)6-13(9)16(20-3)12-5-4-11(18)8-15(12)19/h4-8,16,20H,1-3H3. The fraction of sp³-hybridized carbons (Fsp3) is 0.250. The van der Waals surface area contributed by atoms with Crippen LogP contribution in [0.2, 0.25) is 10.0 Å².